The lowest BCUT2D eigenvalue weighted by molar-refractivity contribution is 0.0776. The van der Waals surface area contributed by atoms with E-state index in [-0.39, 0.29) is 12.1 Å². The molecule has 2 atom stereocenters. The summed E-state index contributed by atoms with van der Waals surface area (Å²) in [7, 11) is 0. The Bertz CT molecular complexity index is 223. The number of rotatable bonds is 11. The normalized spacial score (nSPS) is 27.0. The fourth-order valence-corrected chi connectivity index (χ4v) is 3.22. The molecule has 3 nitrogen and oxygen atoms in total. The van der Waals surface area contributed by atoms with Crippen molar-refractivity contribution >= 4 is 0 Å². The van der Waals surface area contributed by atoms with E-state index in [2.05, 4.69) is 19.2 Å². The Morgan fingerprint density at radius 2 is 2.05 bits per heavy atom. The maximum absolute atomic E-state index is 9.78. The van der Waals surface area contributed by atoms with Crippen molar-refractivity contribution in [1.29, 1.82) is 0 Å². The summed E-state index contributed by atoms with van der Waals surface area (Å²) in [6.45, 7) is 7.42. The van der Waals surface area contributed by atoms with E-state index in [0.717, 1.165) is 39.0 Å². The minimum atomic E-state index is -0.0250. The Morgan fingerprint density at radius 1 is 1.21 bits per heavy atom. The molecule has 0 amide bonds. The van der Waals surface area contributed by atoms with Crippen LogP contribution in [0.15, 0.2) is 0 Å². The Hall–Kier alpha value is -0.120. The van der Waals surface area contributed by atoms with E-state index >= 15 is 0 Å². The third kappa shape index (κ3) is 5.41. The van der Waals surface area contributed by atoms with Gasteiger partial charge in [-0.15, -0.1) is 0 Å². The maximum atomic E-state index is 9.78. The third-order valence-corrected chi connectivity index (χ3v) is 4.47. The summed E-state index contributed by atoms with van der Waals surface area (Å²) in [6, 6.07) is 0. The number of nitrogens with one attached hydrogen (secondary N) is 1. The predicted molar refractivity (Wildman–Crippen MR) is 80.4 cm³/mol. The van der Waals surface area contributed by atoms with Gasteiger partial charge in [-0.25, -0.2) is 0 Å². The van der Waals surface area contributed by atoms with Crippen molar-refractivity contribution in [3.8, 4) is 0 Å². The molecule has 3 heteroatoms. The minimum absolute atomic E-state index is 0.0250. The highest BCUT2D eigenvalue weighted by Gasteiger charge is 2.41. The van der Waals surface area contributed by atoms with Crippen LogP contribution in [-0.2, 0) is 4.74 Å². The molecule has 1 aliphatic carbocycles. The molecular weight excluding hydrogens is 238 g/mol. The maximum Gasteiger partial charge on any atom is 0.0616 e. The van der Waals surface area contributed by atoms with Gasteiger partial charge < -0.3 is 15.2 Å². The van der Waals surface area contributed by atoms with E-state index in [1.807, 2.05) is 0 Å². The van der Waals surface area contributed by atoms with Crippen LogP contribution in [-0.4, -0.2) is 37.0 Å². The third-order valence-electron chi connectivity index (χ3n) is 4.47. The summed E-state index contributed by atoms with van der Waals surface area (Å²) < 4.78 is 5.73. The van der Waals surface area contributed by atoms with E-state index in [4.69, 9.17) is 4.74 Å². The molecule has 0 aromatic rings. The predicted octanol–water partition coefficient (Wildman–Crippen LogP) is 3.11. The highest BCUT2D eigenvalue weighted by atomic mass is 16.5. The van der Waals surface area contributed by atoms with Crippen LogP contribution in [0.2, 0.25) is 0 Å². The highest BCUT2D eigenvalue weighted by Crippen LogP contribution is 2.37. The number of ether oxygens (including phenoxy) is 1. The molecule has 0 saturated heterocycles. The van der Waals surface area contributed by atoms with Crippen LogP contribution in [0.5, 0.6) is 0 Å². The first kappa shape index (κ1) is 16.9. The van der Waals surface area contributed by atoms with Crippen LogP contribution in [0, 0.1) is 5.92 Å². The molecule has 1 aliphatic rings. The SMILES string of the molecule is CCCCCOCCC1CCCC1(CO)NCCC. The molecule has 0 radical (unpaired) electrons. The van der Waals surface area contributed by atoms with Gasteiger partial charge in [0.1, 0.15) is 0 Å². The lowest BCUT2D eigenvalue weighted by Gasteiger charge is -2.35. The number of aliphatic hydroxyl groups excluding tert-OH is 1. The number of unbranched alkanes of at least 4 members (excludes halogenated alkanes) is 2. The van der Waals surface area contributed by atoms with Gasteiger partial charge in [0, 0.05) is 18.8 Å². The zero-order valence-electron chi connectivity index (χ0n) is 12.9. The monoisotopic (exact) mass is 271 g/mol. The molecule has 0 spiro atoms. The van der Waals surface area contributed by atoms with Gasteiger partial charge in [-0.1, -0.05) is 33.1 Å². The van der Waals surface area contributed by atoms with Gasteiger partial charge in [0.05, 0.1) is 6.61 Å². The molecule has 0 bridgehead atoms. The zero-order valence-corrected chi connectivity index (χ0v) is 12.9. The summed E-state index contributed by atoms with van der Waals surface area (Å²) in [6.07, 6.45) is 9.49. The molecule has 0 aromatic heterocycles. The molecule has 0 heterocycles. The second kappa shape index (κ2) is 9.73. The smallest absolute Gasteiger partial charge is 0.0616 e. The van der Waals surface area contributed by atoms with Crippen LogP contribution in [0.25, 0.3) is 0 Å². The van der Waals surface area contributed by atoms with Crippen molar-refractivity contribution in [2.45, 2.75) is 70.8 Å². The molecule has 114 valence electrons. The quantitative estimate of drug-likeness (QED) is 0.567. The van der Waals surface area contributed by atoms with Gasteiger partial charge in [-0.3, -0.25) is 0 Å². The lowest BCUT2D eigenvalue weighted by atomic mass is 9.85. The number of aliphatic hydroxyl groups is 1. The van der Waals surface area contributed by atoms with E-state index in [9.17, 15) is 5.11 Å². The first-order valence-corrected chi connectivity index (χ1v) is 8.22. The van der Waals surface area contributed by atoms with E-state index in [1.165, 1.54) is 32.1 Å². The van der Waals surface area contributed by atoms with Crippen LogP contribution in [0.1, 0.15) is 65.2 Å². The summed E-state index contributed by atoms with van der Waals surface area (Å²) >= 11 is 0. The van der Waals surface area contributed by atoms with Gasteiger partial charge in [0.15, 0.2) is 0 Å². The van der Waals surface area contributed by atoms with Gasteiger partial charge in [0.25, 0.3) is 0 Å². The summed E-state index contributed by atoms with van der Waals surface area (Å²) in [5.74, 6) is 0.579. The lowest BCUT2D eigenvalue weighted by Crippen LogP contribution is -2.51. The fraction of sp³-hybridized carbons (Fsp3) is 1.00. The van der Waals surface area contributed by atoms with Gasteiger partial charge in [0.2, 0.25) is 0 Å². The molecule has 2 N–H and O–H groups in total. The molecule has 0 aromatic carbocycles. The van der Waals surface area contributed by atoms with Crippen LogP contribution in [0.4, 0.5) is 0 Å². The van der Waals surface area contributed by atoms with Crippen LogP contribution >= 0.6 is 0 Å². The van der Waals surface area contributed by atoms with Crippen molar-refractivity contribution in [1.82, 2.24) is 5.32 Å². The summed E-state index contributed by atoms with van der Waals surface area (Å²) in [5, 5.41) is 13.4. The average molecular weight is 271 g/mol. The Kier molecular flexibility index (Phi) is 8.67. The summed E-state index contributed by atoms with van der Waals surface area (Å²) in [5.41, 5.74) is -0.0250. The first-order valence-electron chi connectivity index (χ1n) is 8.22. The largest absolute Gasteiger partial charge is 0.394 e. The second-order valence-corrected chi connectivity index (χ2v) is 5.94. The van der Waals surface area contributed by atoms with Crippen molar-refractivity contribution in [3.63, 3.8) is 0 Å². The molecule has 2 unspecified atom stereocenters. The molecule has 0 aliphatic heterocycles. The molecule has 1 saturated carbocycles. The highest BCUT2D eigenvalue weighted by molar-refractivity contribution is 4.98. The van der Waals surface area contributed by atoms with Crippen molar-refractivity contribution in [2.75, 3.05) is 26.4 Å². The van der Waals surface area contributed by atoms with Gasteiger partial charge in [-0.05, 0) is 44.6 Å². The van der Waals surface area contributed by atoms with E-state index < -0.39 is 0 Å². The Labute approximate surface area is 119 Å². The van der Waals surface area contributed by atoms with E-state index in [1.54, 1.807) is 0 Å². The zero-order chi connectivity index (χ0) is 14.0. The van der Waals surface area contributed by atoms with Crippen LogP contribution < -0.4 is 5.32 Å². The molecule has 19 heavy (non-hydrogen) atoms. The topological polar surface area (TPSA) is 41.5 Å². The molecular formula is C16H33NO2. The molecule has 1 rings (SSSR count). The van der Waals surface area contributed by atoms with Crippen molar-refractivity contribution in [3.05, 3.63) is 0 Å². The van der Waals surface area contributed by atoms with Crippen molar-refractivity contribution < 1.29 is 9.84 Å². The van der Waals surface area contributed by atoms with Gasteiger partial charge in [-0.2, -0.15) is 0 Å². The standard InChI is InChI=1S/C16H33NO2/c1-3-5-6-12-19-13-9-15-8-7-10-16(15,14-18)17-11-4-2/h15,17-18H,3-14H2,1-2H3. The number of hydrogen-bond acceptors (Lipinski definition) is 3. The Morgan fingerprint density at radius 3 is 2.74 bits per heavy atom. The average Bonchev–Trinajstić information content (AvgIpc) is 2.84. The second-order valence-electron chi connectivity index (χ2n) is 5.94. The fourth-order valence-electron chi connectivity index (χ4n) is 3.22. The Balaban J connectivity index is 2.26. The molecule has 1 fully saturated rings. The van der Waals surface area contributed by atoms with Gasteiger partial charge >= 0.3 is 0 Å². The van der Waals surface area contributed by atoms with E-state index in [0.29, 0.717) is 5.92 Å². The summed E-state index contributed by atoms with van der Waals surface area (Å²) in [4.78, 5) is 0. The first-order chi connectivity index (χ1) is 9.29. The minimum Gasteiger partial charge on any atom is -0.394 e. The number of hydrogen-bond donors (Lipinski definition) is 2. The van der Waals surface area contributed by atoms with Crippen LogP contribution in [0.3, 0.4) is 0 Å². The van der Waals surface area contributed by atoms with Crippen molar-refractivity contribution in [2.24, 2.45) is 5.92 Å².